The number of aliphatic hydroxyl groups excluding tert-OH is 1. The lowest BCUT2D eigenvalue weighted by atomic mass is 9.67. The lowest BCUT2D eigenvalue weighted by Crippen LogP contribution is -2.42. The van der Waals surface area contributed by atoms with Crippen LogP contribution in [0.2, 0.25) is 0 Å². The van der Waals surface area contributed by atoms with Crippen molar-refractivity contribution in [1.29, 1.82) is 0 Å². The number of allylic oxidation sites excluding steroid dienone is 1. The number of nitrogens with zero attached hydrogens (tertiary/aromatic N) is 1. The monoisotopic (exact) mass is 323 g/mol. The lowest BCUT2D eigenvalue weighted by Gasteiger charge is -2.37. The van der Waals surface area contributed by atoms with Crippen molar-refractivity contribution in [3.8, 4) is 0 Å². The minimum Gasteiger partial charge on any atom is -0.511 e. The Kier molecular flexibility index (Phi) is 6.54. The third kappa shape index (κ3) is 4.21. The zero-order chi connectivity index (χ0) is 17.8. The van der Waals surface area contributed by atoms with Gasteiger partial charge in [0, 0.05) is 18.2 Å². The van der Waals surface area contributed by atoms with Gasteiger partial charge >= 0.3 is 5.97 Å². The molecule has 0 aromatic rings. The Balaban J connectivity index is 3.50. The Morgan fingerprint density at radius 3 is 2.48 bits per heavy atom. The van der Waals surface area contributed by atoms with E-state index in [0.29, 0.717) is 25.0 Å². The number of hydrogen-bond donors (Lipinski definition) is 1. The van der Waals surface area contributed by atoms with Crippen LogP contribution in [0.1, 0.15) is 60.3 Å². The molecule has 1 N–H and O–H groups in total. The summed E-state index contributed by atoms with van der Waals surface area (Å²) in [5.41, 5.74) is 0.279. The minimum absolute atomic E-state index is 0.0627. The van der Waals surface area contributed by atoms with Gasteiger partial charge in [-0.3, -0.25) is 14.6 Å². The fraction of sp³-hybridized carbons (Fsp3) is 0.722. The lowest BCUT2D eigenvalue weighted by molar-refractivity contribution is -0.149. The van der Waals surface area contributed by atoms with E-state index < -0.39 is 17.3 Å². The van der Waals surface area contributed by atoms with Gasteiger partial charge in [-0.05, 0) is 31.6 Å². The van der Waals surface area contributed by atoms with Crippen molar-refractivity contribution in [3.63, 3.8) is 0 Å². The van der Waals surface area contributed by atoms with E-state index in [-0.39, 0.29) is 23.2 Å². The molecule has 0 unspecified atom stereocenters. The summed E-state index contributed by atoms with van der Waals surface area (Å²) >= 11 is 0. The number of hydrogen-bond acceptors (Lipinski definition) is 5. The van der Waals surface area contributed by atoms with Gasteiger partial charge in [0.15, 0.2) is 5.78 Å². The SMILES string of the molecule is CCCC(=O)C1=C(O)[C@H](C(=O)OC)C(C)(C)CC1=N[C@@H](C)CC. The molecule has 0 saturated heterocycles. The molecule has 0 radical (unpaired) electrons. The molecular formula is C18H29NO4. The van der Waals surface area contributed by atoms with Crippen LogP contribution in [-0.4, -0.2) is 35.7 Å². The van der Waals surface area contributed by atoms with Crippen molar-refractivity contribution in [2.75, 3.05) is 7.11 Å². The molecule has 5 heteroatoms. The second-order valence-electron chi connectivity index (χ2n) is 6.89. The number of aliphatic imine (C=N–C) groups is 1. The Hall–Kier alpha value is -1.65. The quantitative estimate of drug-likeness (QED) is 0.757. The number of ketones is 1. The highest BCUT2D eigenvalue weighted by Gasteiger charge is 2.47. The van der Waals surface area contributed by atoms with Gasteiger partial charge in [-0.25, -0.2) is 0 Å². The highest BCUT2D eigenvalue weighted by Crippen LogP contribution is 2.43. The van der Waals surface area contributed by atoms with Crippen molar-refractivity contribution in [2.24, 2.45) is 16.3 Å². The number of rotatable bonds is 6. The summed E-state index contributed by atoms with van der Waals surface area (Å²) in [6, 6.07) is 0.0627. The second kappa shape index (κ2) is 7.75. The van der Waals surface area contributed by atoms with Crippen molar-refractivity contribution in [1.82, 2.24) is 0 Å². The van der Waals surface area contributed by atoms with E-state index in [1.54, 1.807) is 0 Å². The number of ether oxygens (including phenoxy) is 1. The normalized spacial score (nSPS) is 23.7. The summed E-state index contributed by atoms with van der Waals surface area (Å²) in [6.45, 7) is 9.68. The van der Waals surface area contributed by atoms with Crippen LogP contribution in [0.4, 0.5) is 0 Å². The molecule has 5 nitrogen and oxygen atoms in total. The Morgan fingerprint density at radius 1 is 1.39 bits per heavy atom. The summed E-state index contributed by atoms with van der Waals surface area (Å²) in [5.74, 6) is -1.69. The first kappa shape index (κ1) is 19.4. The fourth-order valence-corrected chi connectivity index (χ4v) is 2.96. The summed E-state index contributed by atoms with van der Waals surface area (Å²) in [7, 11) is 1.29. The van der Waals surface area contributed by atoms with Crippen molar-refractivity contribution in [3.05, 3.63) is 11.3 Å². The maximum absolute atomic E-state index is 12.5. The van der Waals surface area contributed by atoms with Gasteiger partial charge in [-0.15, -0.1) is 0 Å². The Bertz CT molecular complexity index is 531. The minimum atomic E-state index is -0.834. The van der Waals surface area contributed by atoms with E-state index in [9.17, 15) is 14.7 Å². The summed E-state index contributed by atoms with van der Waals surface area (Å²) < 4.78 is 4.84. The van der Waals surface area contributed by atoms with E-state index in [4.69, 9.17) is 4.74 Å². The zero-order valence-electron chi connectivity index (χ0n) is 15.1. The second-order valence-corrected chi connectivity index (χ2v) is 6.89. The Labute approximate surface area is 138 Å². The number of esters is 1. The van der Waals surface area contributed by atoms with Crippen LogP contribution in [0, 0.1) is 11.3 Å². The van der Waals surface area contributed by atoms with E-state index in [0.717, 1.165) is 6.42 Å². The molecule has 23 heavy (non-hydrogen) atoms. The fourth-order valence-electron chi connectivity index (χ4n) is 2.96. The molecule has 130 valence electrons. The van der Waals surface area contributed by atoms with E-state index in [2.05, 4.69) is 4.99 Å². The largest absolute Gasteiger partial charge is 0.511 e. The molecule has 0 amide bonds. The van der Waals surface area contributed by atoms with E-state index >= 15 is 0 Å². The zero-order valence-corrected chi connectivity index (χ0v) is 15.1. The van der Waals surface area contributed by atoms with E-state index in [1.165, 1.54) is 7.11 Å². The average molecular weight is 323 g/mol. The number of Topliss-reactive ketones (excluding diaryl/α,β-unsaturated/α-hetero) is 1. The van der Waals surface area contributed by atoms with Gasteiger partial charge in [-0.1, -0.05) is 27.7 Å². The predicted octanol–water partition coefficient (Wildman–Crippen LogP) is 3.63. The number of carbonyl (C=O) groups is 2. The van der Waals surface area contributed by atoms with Crippen LogP contribution >= 0.6 is 0 Å². The molecule has 2 atom stereocenters. The van der Waals surface area contributed by atoms with Crippen LogP contribution in [0.25, 0.3) is 0 Å². The molecule has 0 aromatic carbocycles. The molecule has 0 bridgehead atoms. The predicted molar refractivity (Wildman–Crippen MR) is 90.7 cm³/mol. The maximum atomic E-state index is 12.5. The third-order valence-electron chi connectivity index (χ3n) is 4.38. The molecule has 0 saturated carbocycles. The van der Waals surface area contributed by atoms with Crippen molar-refractivity contribution < 1.29 is 19.4 Å². The van der Waals surface area contributed by atoms with Gasteiger partial charge < -0.3 is 9.84 Å². The van der Waals surface area contributed by atoms with Gasteiger partial charge in [0.05, 0.1) is 12.7 Å². The highest BCUT2D eigenvalue weighted by molar-refractivity contribution is 6.24. The summed E-state index contributed by atoms with van der Waals surface area (Å²) in [5, 5.41) is 10.7. The Morgan fingerprint density at radius 2 is 2.00 bits per heavy atom. The first-order valence-electron chi connectivity index (χ1n) is 8.30. The molecule has 0 spiro atoms. The summed E-state index contributed by atoms with van der Waals surface area (Å²) in [4.78, 5) is 29.3. The van der Waals surface area contributed by atoms with Crippen LogP contribution < -0.4 is 0 Å². The first-order chi connectivity index (χ1) is 10.7. The number of methoxy groups -OCH3 is 1. The topological polar surface area (TPSA) is 76.0 Å². The molecule has 0 fully saturated rings. The van der Waals surface area contributed by atoms with Gasteiger partial charge in [0.1, 0.15) is 11.7 Å². The van der Waals surface area contributed by atoms with Crippen LogP contribution in [0.5, 0.6) is 0 Å². The van der Waals surface area contributed by atoms with Crippen LogP contribution in [0.3, 0.4) is 0 Å². The molecule has 0 heterocycles. The molecule has 1 rings (SSSR count). The standard InChI is InChI=1S/C18H29NO4/c1-7-9-13(20)14-12(19-11(3)8-2)10-18(4,5)15(16(14)21)17(22)23-6/h11,15,21H,7-10H2,1-6H3/t11-,15+/m0/s1. The molecule has 1 aliphatic carbocycles. The van der Waals surface area contributed by atoms with Crippen LogP contribution in [0.15, 0.2) is 16.3 Å². The smallest absolute Gasteiger partial charge is 0.316 e. The van der Waals surface area contributed by atoms with Gasteiger partial charge in [-0.2, -0.15) is 0 Å². The molecule has 0 aromatic heterocycles. The van der Waals surface area contributed by atoms with Crippen molar-refractivity contribution in [2.45, 2.75) is 66.3 Å². The number of carbonyl (C=O) groups excluding carboxylic acids is 2. The maximum Gasteiger partial charge on any atom is 0.316 e. The first-order valence-corrected chi connectivity index (χ1v) is 8.30. The van der Waals surface area contributed by atoms with E-state index in [1.807, 2.05) is 34.6 Å². The third-order valence-corrected chi connectivity index (χ3v) is 4.38. The molecular weight excluding hydrogens is 294 g/mol. The van der Waals surface area contributed by atoms with Crippen molar-refractivity contribution >= 4 is 17.5 Å². The van der Waals surface area contributed by atoms with Gasteiger partial charge in [0.25, 0.3) is 0 Å². The molecule has 0 aliphatic heterocycles. The highest BCUT2D eigenvalue weighted by atomic mass is 16.5. The number of aliphatic hydroxyl groups is 1. The average Bonchev–Trinajstić information content (AvgIpc) is 2.45. The van der Waals surface area contributed by atoms with Gasteiger partial charge in [0.2, 0.25) is 0 Å². The molecule has 1 aliphatic rings. The van der Waals surface area contributed by atoms with Crippen LogP contribution in [-0.2, 0) is 14.3 Å². The summed E-state index contributed by atoms with van der Waals surface area (Å²) in [6.07, 6.45) is 2.32.